The fraction of sp³-hybridized carbons (Fsp3) is 0.300. The van der Waals surface area contributed by atoms with Crippen LogP contribution >= 0.6 is 11.8 Å². The summed E-state index contributed by atoms with van der Waals surface area (Å²) in [6, 6.07) is 22.1. The topological polar surface area (TPSA) is 54.8 Å². The van der Waals surface area contributed by atoms with Crippen molar-refractivity contribution in [1.29, 1.82) is 0 Å². The number of rotatable bonds is 12. The third kappa shape index (κ3) is 8.74. The zero-order chi connectivity index (χ0) is 40.4. The van der Waals surface area contributed by atoms with Gasteiger partial charge >= 0.3 is 6.18 Å². The quantitative estimate of drug-likeness (QED) is 0.0951. The highest BCUT2D eigenvalue weighted by Crippen LogP contribution is 2.32. The molecule has 0 radical (unpaired) electrons. The van der Waals surface area contributed by atoms with Gasteiger partial charge in [0.15, 0.2) is 17.1 Å². The summed E-state index contributed by atoms with van der Waals surface area (Å²) in [6.07, 6.45) is -3.90. The highest BCUT2D eigenvalue weighted by atomic mass is 32.2. The molecule has 0 spiro atoms. The van der Waals surface area contributed by atoms with Gasteiger partial charge in [-0.2, -0.15) is 13.2 Å². The van der Waals surface area contributed by atoms with Gasteiger partial charge in [0.25, 0.3) is 0 Å². The number of hydrogen-bond donors (Lipinski definition) is 0. The molecule has 6 rings (SSSR count). The molecule has 0 atom stereocenters. The first-order valence-electron chi connectivity index (χ1n) is 18.5. The second-order valence-corrected chi connectivity index (χ2v) is 13.3. The van der Waals surface area contributed by atoms with Crippen LogP contribution in [0.3, 0.4) is 0 Å². The molecule has 0 aliphatic carbocycles. The molecule has 1 saturated heterocycles. The average molecular weight is 740 g/mol. The van der Waals surface area contributed by atoms with Crippen LogP contribution in [-0.2, 0) is 34.5 Å². The number of fused-ring (bicyclic) bond motifs is 1. The first kappa shape index (κ1) is 32.2. The number of piperidine rings is 1. The van der Waals surface area contributed by atoms with Crippen molar-refractivity contribution in [3.63, 3.8) is 0 Å². The molecule has 52 heavy (non-hydrogen) atoms. The average Bonchev–Trinajstić information content (AvgIpc) is 3.17. The number of thioether (sulfide) groups is 1. The van der Waals surface area contributed by atoms with Gasteiger partial charge < -0.3 is 19.1 Å². The number of ether oxygens (including phenoxy) is 1. The van der Waals surface area contributed by atoms with Crippen LogP contribution < -0.4 is 5.43 Å². The van der Waals surface area contributed by atoms with Crippen LogP contribution in [0.4, 0.5) is 22.0 Å². The summed E-state index contributed by atoms with van der Waals surface area (Å²) in [5.41, 5.74) is 0.633. The summed E-state index contributed by atoms with van der Waals surface area (Å²) in [6.45, 7) is -4.38. The van der Waals surface area contributed by atoms with Crippen molar-refractivity contribution in [3.05, 3.63) is 136 Å². The number of amides is 1. The Labute approximate surface area is 308 Å². The van der Waals surface area contributed by atoms with E-state index in [4.69, 9.17) is 7.48 Å². The van der Waals surface area contributed by atoms with Gasteiger partial charge in [0.05, 0.1) is 25.5 Å². The van der Waals surface area contributed by atoms with E-state index in [1.165, 1.54) is 54.5 Å². The summed E-state index contributed by atoms with van der Waals surface area (Å²) < 4.78 is 110. The third-order valence-electron chi connectivity index (χ3n) is 8.95. The number of likely N-dealkylation sites (tertiary alicyclic amines) is 1. The number of carbonyl (C=O) groups excluding carboxylic acids is 1. The Morgan fingerprint density at radius 1 is 0.942 bits per heavy atom. The van der Waals surface area contributed by atoms with E-state index in [1.807, 2.05) is 0 Å². The lowest BCUT2D eigenvalue weighted by Gasteiger charge is -2.39. The van der Waals surface area contributed by atoms with E-state index in [2.05, 4.69) is 0 Å². The predicted octanol–water partition coefficient (Wildman–Crippen LogP) is 8.40. The molecule has 272 valence electrons. The number of pyridine rings is 1. The van der Waals surface area contributed by atoms with Gasteiger partial charge in [-0.05, 0) is 59.9 Å². The Morgan fingerprint density at radius 2 is 1.62 bits per heavy atom. The Balaban J connectivity index is 1.36. The summed E-state index contributed by atoms with van der Waals surface area (Å²) in [5.74, 6) is -3.27. The monoisotopic (exact) mass is 739 g/mol. The summed E-state index contributed by atoms with van der Waals surface area (Å²) in [5, 5.41) is 0.156. The molecule has 6 nitrogen and oxygen atoms in total. The van der Waals surface area contributed by atoms with Gasteiger partial charge in [0, 0.05) is 64.8 Å². The van der Waals surface area contributed by atoms with Gasteiger partial charge in [-0.25, -0.2) is 8.78 Å². The van der Waals surface area contributed by atoms with Crippen LogP contribution in [-0.4, -0.2) is 59.6 Å². The van der Waals surface area contributed by atoms with Gasteiger partial charge in [-0.3, -0.25) is 9.59 Å². The van der Waals surface area contributed by atoms with Crippen LogP contribution in [0.5, 0.6) is 0 Å². The first-order chi connectivity index (χ1) is 26.5. The third-order valence-corrected chi connectivity index (χ3v) is 10.0. The molecule has 1 aliphatic rings. The first-order valence-corrected chi connectivity index (χ1v) is 17.5. The molecule has 1 fully saturated rings. The number of nitrogens with zero attached hydrogens (tertiary/aromatic N) is 3. The molecule has 1 aliphatic heterocycles. The van der Waals surface area contributed by atoms with Gasteiger partial charge in [0.2, 0.25) is 5.91 Å². The van der Waals surface area contributed by atoms with E-state index in [0.717, 1.165) is 34.5 Å². The molecule has 4 aromatic carbocycles. The molecule has 0 N–H and O–H groups in total. The maximum absolute atomic E-state index is 14.8. The lowest BCUT2D eigenvalue weighted by Crippen LogP contribution is -2.48. The van der Waals surface area contributed by atoms with Gasteiger partial charge in [-0.15, -0.1) is 11.8 Å². The maximum Gasteiger partial charge on any atom is 0.416 e. The number of para-hydroxylation sites is 1. The molecule has 12 heteroatoms. The summed E-state index contributed by atoms with van der Waals surface area (Å²) in [4.78, 5) is 31.1. The number of halogens is 5. The minimum atomic E-state index is -4.48. The van der Waals surface area contributed by atoms with Gasteiger partial charge in [-0.1, -0.05) is 60.7 Å². The second kappa shape index (κ2) is 16.4. The molecule has 2 heterocycles. The molecular weight excluding hydrogens is 698 g/mol. The molecule has 1 aromatic heterocycles. The fourth-order valence-electron chi connectivity index (χ4n) is 6.15. The molecule has 0 unspecified atom stereocenters. The second-order valence-electron chi connectivity index (χ2n) is 12.3. The fourth-order valence-corrected chi connectivity index (χ4v) is 7.14. The van der Waals surface area contributed by atoms with E-state index in [0.29, 0.717) is 29.5 Å². The smallest absolute Gasteiger partial charge is 0.383 e. The Bertz CT molecular complexity index is 2250. The largest absolute Gasteiger partial charge is 0.416 e. The van der Waals surface area contributed by atoms with Crippen molar-refractivity contribution >= 4 is 28.6 Å². The number of methoxy groups -OCH3 is 1. The normalized spacial score (nSPS) is 15.9. The zero-order valence-corrected chi connectivity index (χ0v) is 28.9. The van der Waals surface area contributed by atoms with Crippen molar-refractivity contribution in [2.24, 2.45) is 0 Å². The van der Waals surface area contributed by atoms with Crippen molar-refractivity contribution in [3.8, 4) is 11.1 Å². The Hall–Kier alpha value is -4.52. The van der Waals surface area contributed by atoms with Crippen LogP contribution in [0.25, 0.3) is 22.0 Å². The zero-order valence-electron chi connectivity index (χ0n) is 32.1. The molecule has 5 aromatic rings. The van der Waals surface area contributed by atoms with Crippen molar-refractivity contribution in [2.45, 2.75) is 48.9 Å². The molecule has 0 saturated carbocycles. The molecule has 1 amide bonds. The molecule has 0 bridgehead atoms. The maximum atomic E-state index is 14.8. The summed E-state index contributed by atoms with van der Waals surface area (Å²) in [7, 11) is 1.40. The van der Waals surface area contributed by atoms with E-state index >= 15 is 0 Å². The Morgan fingerprint density at radius 3 is 2.29 bits per heavy atom. The minimum Gasteiger partial charge on any atom is -0.383 e. The highest BCUT2D eigenvalue weighted by Gasteiger charge is 2.31. The van der Waals surface area contributed by atoms with Gasteiger partial charge in [0.1, 0.15) is 6.50 Å². The van der Waals surface area contributed by atoms with Crippen molar-refractivity contribution < 1.29 is 37.0 Å². The number of hydrogen-bond acceptors (Lipinski definition) is 5. The minimum absolute atomic E-state index is 0.0131. The Kier molecular flexibility index (Phi) is 10.2. The van der Waals surface area contributed by atoms with Crippen LogP contribution in [0.1, 0.15) is 35.0 Å². The van der Waals surface area contributed by atoms with E-state index in [1.54, 1.807) is 41.3 Å². The van der Waals surface area contributed by atoms with Crippen LogP contribution in [0.2, 0.25) is 0 Å². The van der Waals surface area contributed by atoms with E-state index in [9.17, 15) is 34.3 Å². The van der Waals surface area contributed by atoms with E-state index in [-0.39, 0.29) is 53.5 Å². The van der Waals surface area contributed by atoms with Crippen molar-refractivity contribution in [2.75, 3.05) is 33.3 Å². The number of alkyl halides is 3. The predicted molar refractivity (Wildman–Crippen MR) is 193 cm³/mol. The van der Waals surface area contributed by atoms with Crippen LogP contribution in [0, 0.1) is 11.6 Å². The number of benzene rings is 4. The molecular formula is C40H38F5N3O3S. The van der Waals surface area contributed by atoms with E-state index < -0.39 is 53.7 Å². The number of aromatic nitrogens is 1. The number of carbonyl (C=O) groups is 1. The van der Waals surface area contributed by atoms with Crippen LogP contribution in [0.15, 0.2) is 107 Å². The highest BCUT2D eigenvalue weighted by molar-refractivity contribution is 7.98. The lowest BCUT2D eigenvalue weighted by molar-refractivity contribution is -0.137. The van der Waals surface area contributed by atoms with Crippen molar-refractivity contribution in [1.82, 2.24) is 14.4 Å². The summed E-state index contributed by atoms with van der Waals surface area (Å²) >= 11 is 0.880. The SMILES string of the molecule is [2H]C([2H])(COC)N1CCC(N(Cc2ccc(-c3ccc(C(F)(F)F)cc3)cc2)C(=O)C([2H])([2H])n2c(SCc3cccc(F)c3F)cc(=O)c3ccccc32)CC1. The lowest BCUT2D eigenvalue weighted by atomic mass is 10.00. The standard InChI is InChI=1S/C40H38F5N3O3S/c1-51-22-21-46-19-17-32(18-20-46)47(24-27-9-11-28(12-10-27)29-13-15-31(16-14-29)40(43,44)45)37(50)25-48-35-8-3-2-6-33(35)36(49)23-38(48)52-26-30-5-4-7-34(41)39(30)42/h2-16,23,32H,17-22,24-26H2,1H3/i21D2,25D2.